The van der Waals surface area contributed by atoms with Crippen LogP contribution in [0.4, 0.5) is 17.1 Å². The Labute approximate surface area is 218 Å². The lowest BCUT2D eigenvalue weighted by Gasteiger charge is -2.30. The molecule has 1 fully saturated rings. The summed E-state index contributed by atoms with van der Waals surface area (Å²) in [5.41, 5.74) is 3.44. The maximum absolute atomic E-state index is 12.9. The molecule has 1 heterocycles. The molecular formula is C30H34N4O3. The van der Waals surface area contributed by atoms with E-state index in [1.807, 2.05) is 42.2 Å². The van der Waals surface area contributed by atoms with Gasteiger partial charge < -0.3 is 20.4 Å². The third-order valence-electron chi connectivity index (χ3n) is 6.70. The molecule has 3 aromatic rings. The molecule has 7 heteroatoms. The number of hydrogen-bond donors (Lipinski definition) is 2. The average Bonchev–Trinajstić information content (AvgIpc) is 2.93. The molecule has 1 aliphatic heterocycles. The van der Waals surface area contributed by atoms with Crippen molar-refractivity contribution in [1.29, 1.82) is 0 Å². The van der Waals surface area contributed by atoms with E-state index in [0.29, 0.717) is 29.3 Å². The number of carbonyl (C=O) groups excluding carboxylic acids is 3. The minimum absolute atomic E-state index is 0.0409. The van der Waals surface area contributed by atoms with Crippen LogP contribution in [0.2, 0.25) is 0 Å². The van der Waals surface area contributed by atoms with Crippen molar-refractivity contribution >= 4 is 34.8 Å². The van der Waals surface area contributed by atoms with Gasteiger partial charge in [0.2, 0.25) is 5.91 Å². The lowest BCUT2D eigenvalue weighted by molar-refractivity contribution is -0.114. The van der Waals surface area contributed by atoms with Gasteiger partial charge in [-0.1, -0.05) is 25.1 Å². The molecule has 0 atom stereocenters. The first kappa shape index (κ1) is 25.9. The molecule has 0 unspecified atom stereocenters. The second kappa shape index (κ2) is 12.2. The van der Waals surface area contributed by atoms with Crippen molar-refractivity contribution in [3.05, 3.63) is 90.0 Å². The van der Waals surface area contributed by atoms with Crippen LogP contribution in [0.3, 0.4) is 0 Å². The molecule has 7 nitrogen and oxygen atoms in total. The number of hydrogen-bond acceptors (Lipinski definition) is 4. The van der Waals surface area contributed by atoms with Gasteiger partial charge in [0.1, 0.15) is 0 Å². The molecule has 4 rings (SSSR count). The number of carbonyl (C=O) groups is 3. The van der Waals surface area contributed by atoms with E-state index in [0.717, 1.165) is 37.3 Å². The first-order valence-electron chi connectivity index (χ1n) is 12.8. The highest BCUT2D eigenvalue weighted by Crippen LogP contribution is 2.20. The van der Waals surface area contributed by atoms with Gasteiger partial charge in [0.15, 0.2) is 0 Å². The van der Waals surface area contributed by atoms with Gasteiger partial charge in [0, 0.05) is 47.8 Å². The fraction of sp³-hybridized carbons (Fsp3) is 0.300. The summed E-state index contributed by atoms with van der Waals surface area (Å²) in [7, 11) is 0. The SMILES string of the molecule is CCN(C(=O)c1ccc(NCC(=O)Nc2ccc(C(=O)N3CCC(C)CC3)cc2)cc1)c1ccccc1. The smallest absolute Gasteiger partial charge is 0.258 e. The van der Waals surface area contributed by atoms with Crippen molar-refractivity contribution in [2.24, 2.45) is 5.92 Å². The lowest BCUT2D eigenvalue weighted by Crippen LogP contribution is -2.37. The predicted molar refractivity (Wildman–Crippen MR) is 148 cm³/mol. The number of likely N-dealkylation sites (tertiary alicyclic amines) is 1. The molecule has 0 aromatic heterocycles. The summed E-state index contributed by atoms with van der Waals surface area (Å²) < 4.78 is 0. The van der Waals surface area contributed by atoms with Crippen LogP contribution in [-0.2, 0) is 4.79 Å². The summed E-state index contributed by atoms with van der Waals surface area (Å²) >= 11 is 0. The predicted octanol–water partition coefficient (Wildman–Crippen LogP) is 5.28. The van der Waals surface area contributed by atoms with Gasteiger partial charge >= 0.3 is 0 Å². The van der Waals surface area contributed by atoms with Crippen LogP contribution in [0.5, 0.6) is 0 Å². The number of nitrogens with zero attached hydrogens (tertiary/aromatic N) is 2. The number of para-hydroxylation sites is 1. The van der Waals surface area contributed by atoms with Gasteiger partial charge in [-0.2, -0.15) is 0 Å². The number of benzene rings is 3. The highest BCUT2D eigenvalue weighted by Gasteiger charge is 2.21. The van der Waals surface area contributed by atoms with Crippen LogP contribution >= 0.6 is 0 Å². The summed E-state index contributed by atoms with van der Waals surface area (Å²) in [6.45, 7) is 6.39. The second-order valence-corrected chi connectivity index (χ2v) is 9.42. The molecule has 2 N–H and O–H groups in total. The Kier molecular flexibility index (Phi) is 8.56. The van der Waals surface area contributed by atoms with Crippen molar-refractivity contribution in [3.63, 3.8) is 0 Å². The van der Waals surface area contributed by atoms with E-state index in [9.17, 15) is 14.4 Å². The van der Waals surface area contributed by atoms with Crippen LogP contribution in [0.1, 0.15) is 47.4 Å². The zero-order valence-electron chi connectivity index (χ0n) is 21.4. The fourth-order valence-electron chi connectivity index (χ4n) is 4.42. The number of amides is 3. The Bertz CT molecular complexity index is 1200. The number of piperidine rings is 1. The Morgan fingerprint density at radius 3 is 2.05 bits per heavy atom. The monoisotopic (exact) mass is 498 g/mol. The van der Waals surface area contributed by atoms with Gasteiger partial charge in [-0.3, -0.25) is 14.4 Å². The van der Waals surface area contributed by atoms with Crippen molar-refractivity contribution < 1.29 is 14.4 Å². The molecule has 1 aliphatic rings. The van der Waals surface area contributed by atoms with Crippen LogP contribution < -0.4 is 15.5 Å². The molecular weight excluding hydrogens is 464 g/mol. The van der Waals surface area contributed by atoms with Crippen LogP contribution in [0, 0.1) is 5.92 Å². The molecule has 192 valence electrons. The summed E-state index contributed by atoms with van der Waals surface area (Å²) in [6.07, 6.45) is 2.08. The zero-order valence-corrected chi connectivity index (χ0v) is 21.4. The van der Waals surface area contributed by atoms with Crippen molar-refractivity contribution in [3.8, 4) is 0 Å². The molecule has 0 saturated carbocycles. The molecule has 0 aliphatic carbocycles. The Balaban J connectivity index is 1.27. The van der Waals surface area contributed by atoms with Crippen LogP contribution in [0.15, 0.2) is 78.9 Å². The van der Waals surface area contributed by atoms with Crippen LogP contribution in [-0.4, -0.2) is 48.8 Å². The van der Waals surface area contributed by atoms with Gasteiger partial charge in [0.05, 0.1) is 6.54 Å². The summed E-state index contributed by atoms with van der Waals surface area (Å²) in [5.74, 6) is 0.432. The Hall–Kier alpha value is -4.13. The van der Waals surface area contributed by atoms with E-state index in [-0.39, 0.29) is 24.3 Å². The molecule has 1 saturated heterocycles. The standard InChI is InChI=1S/C30H34N4O3/c1-3-34(27-7-5-4-6-8-27)30(37)24-9-13-25(14-10-24)31-21-28(35)32-26-15-11-23(12-16-26)29(36)33-19-17-22(2)18-20-33/h4-16,22,31H,3,17-21H2,1-2H3,(H,32,35). The largest absolute Gasteiger partial charge is 0.376 e. The topological polar surface area (TPSA) is 81.8 Å². The first-order chi connectivity index (χ1) is 17.9. The van der Waals surface area contributed by atoms with Crippen molar-refractivity contribution in [2.75, 3.05) is 41.7 Å². The second-order valence-electron chi connectivity index (χ2n) is 9.42. The summed E-state index contributed by atoms with van der Waals surface area (Å²) in [6, 6.07) is 23.7. The third-order valence-corrected chi connectivity index (χ3v) is 6.70. The lowest BCUT2D eigenvalue weighted by atomic mass is 9.98. The van der Waals surface area contributed by atoms with E-state index < -0.39 is 0 Å². The van der Waals surface area contributed by atoms with Gasteiger partial charge in [-0.05, 0) is 86.3 Å². The molecule has 0 radical (unpaired) electrons. The third kappa shape index (κ3) is 6.76. The number of rotatable bonds is 8. The van der Waals surface area contributed by atoms with Crippen molar-refractivity contribution in [2.45, 2.75) is 26.7 Å². The quantitative estimate of drug-likeness (QED) is 0.443. The van der Waals surface area contributed by atoms with Crippen molar-refractivity contribution in [1.82, 2.24) is 4.90 Å². The first-order valence-corrected chi connectivity index (χ1v) is 12.8. The highest BCUT2D eigenvalue weighted by atomic mass is 16.2. The average molecular weight is 499 g/mol. The summed E-state index contributed by atoms with van der Waals surface area (Å²) in [4.78, 5) is 41.7. The van der Waals surface area contributed by atoms with Gasteiger partial charge in [-0.15, -0.1) is 0 Å². The molecule has 0 spiro atoms. The van der Waals surface area contributed by atoms with Gasteiger partial charge in [0.25, 0.3) is 11.8 Å². The molecule has 37 heavy (non-hydrogen) atoms. The highest BCUT2D eigenvalue weighted by molar-refractivity contribution is 6.06. The Morgan fingerprint density at radius 2 is 1.43 bits per heavy atom. The minimum Gasteiger partial charge on any atom is -0.376 e. The van der Waals surface area contributed by atoms with E-state index in [1.165, 1.54) is 0 Å². The molecule has 0 bridgehead atoms. The Morgan fingerprint density at radius 1 is 0.838 bits per heavy atom. The normalized spacial score (nSPS) is 13.6. The number of anilines is 3. The van der Waals surface area contributed by atoms with E-state index >= 15 is 0 Å². The van der Waals surface area contributed by atoms with E-state index in [2.05, 4.69) is 17.6 Å². The minimum atomic E-state index is -0.203. The van der Waals surface area contributed by atoms with E-state index in [1.54, 1.807) is 53.4 Å². The maximum Gasteiger partial charge on any atom is 0.258 e. The molecule has 3 aromatic carbocycles. The summed E-state index contributed by atoms with van der Waals surface area (Å²) in [5, 5.41) is 5.93. The van der Waals surface area contributed by atoms with Gasteiger partial charge in [-0.25, -0.2) is 0 Å². The fourth-order valence-corrected chi connectivity index (χ4v) is 4.42. The van der Waals surface area contributed by atoms with Crippen LogP contribution in [0.25, 0.3) is 0 Å². The maximum atomic E-state index is 12.9. The number of nitrogens with one attached hydrogen (secondary N) is 2. The zero-order chi connectivity index (χ0) is 26.2. The molecule has 3 amide bonds. The van der Waals surface area contributed by atoms with E-state index in [4.69, 9.17) is 0 Å².